The summed E-state index contributed by atoms with van der Waals surface area (Å²) in [6.45, 7) is 4.62. The van der Waals surface area contributed by atoms with E-state index in [2.05, 4.69) is 9.97 Å². The zero-order chi connectivity index (χ0) is 14.1. The number of fused-ring (bicyclic) bond motifs is 1. The van der Waals surface area contributed by atoms with Crippen LogP contribution in [0.1, 0.15) is 12.5 Å². The van der Waals surface area contributed by atoms with Crippen LogP contribution in [0.2, 0.25) is 0 Å². The molecule has 0 saturated carbocycles. The number of hydrogen-bond donors (Lipinski definition) is 1. The van der Waals surface area contributed by atoms with Gasteiger partial charge in [0.15, 0.2) is 10.4 Å². The van der Waals surface area contributed by atoms with Gasteiger partial charge >= 0.3 is 0 Å². The number of aromatic nitrogens is 3. The molecule has 0 bridgehead atoms. The van der Waals surface area contributed by atoms with Crippen LogP contribution in [0.4, 0.5) is 0 Å². The number of ether oxygens (including phenoxy) is 1. The first-order valence-electron chi connectivity index (χ1n) is 6.49. The maximum Gasteiger partial charge on any atom is 0.184 e. The zero-order valence-electron chi connectivity index (χ0n) is 11.4. The van der Waals surface area contributed by atoms with Crippen LogP contribution in [0.5, 0.6) is 5.75 Å². The Labute approximate surface area is 122 Å². The van der Waals surface area contributed by atoms with Crippen LogP contribution >= 0.6 is 12.2 Å². The van der Waals surface area contributed by atoms with E-state index in [9.17, 15) is 0 Å². The molecule has 0 spiro atoms. The molecular weight excluding hydrogens is 270 g/mol. The molecule has 0 fully saturated rings. The fourth-order valence-corrected chi connectivity index (χ4v) is 2.52. The number of benzene rings is 1. The first-order chi connectivity index (χ1) is 9.69. The van der Waals surface area contributed by atoms with Crippen LogP contribution in [0, 0.1) is 11.7 Å². The molecule has 0 radical (unpaired) electrons. The molecule has 3 aromatic rings. The molecule has 0 atom stereocenters. The van der Waals surface area contributed by atoms with Gasteiger partial charge in [-0.1, -0.05) is 6.07 Å². The normalized spacial score (nSPS) is 10.9. The highest BCUT2D eigenvalue weighted by Crippen LogP contribution is 2.22. The van der Waals surface area contributed by atoms with Crippen molar-refractivity contribution in [1.82, 2.24) is 14.5 Å². The molecule has 4 nitrogen and oxygen atoms in total. The van der Waals surface area contributed by atoms with Gasteiger partial charge in [0.25, 0.3) is 0 Å². The molecule has 20 heavy (non-hydrogen) atoms. The van der Waals surface area contributed by atoms with Crippen LogP contribution in [0.3, 0.4) is 0 Å². The van der Waals surface area contributed by atoms with E-state index in [1.807, 2.05) is 54.9 Å². The molecule has 102 valence electrons. The van der Waals surface area contributed by atoms with E-state index in [1.165, 1.54) is 0 Å². The molecule has 0 aliphatic rings. The maximum absolute atomic E-state index is 5.54. The summed E-state index contributed by atoms with van der Waals surface area (Å²) < 4.78 is 8.09. The average Bonchev–Trinajstić information content (AvgIpc) is 2.74. The highest BCUT2D eigenvalue weighted by Gasteiger charge is 2.08. The molecule has 2 heterocycles. The van der Waals surface area contributed by atoms with Gasteiger partial charge in [-0.15, -0.1) is 0 Å². The molecule has 0 saturated heterocycles. The molecule has 2 aromatic heterocycles. The number of aromatic amines is 1. The lowest BCUT2D eigenvalue weighted by atomic mass is 10.3. The molecule has 3 rings (SSSR count). The van der Waals surface area contributed by atoms with E-state index in [4.69, 9.17) is 17.0 Å². The van der Waals surface area contributed by atoms with Gasteiger partial charge in [0.2, 0.25) is 0 Å². The molecule has 0 aliphatic carbocycles. The number of nitrogens with one attached hydrogen (secondary N) is 1. The summed E-state index contributed by atoms with van der Waals surface area (Å²) in [6, 6.07) is 9.89. The summed E-state index contributed by atoms with van der Waals surface area (Å²) in [4.78, 5) is 7.67. The molecule has 5 heteroatoms. The second-order valence-corrected chi connectivity index (χ2v) is 4.97. The lowest BCUT2D eigenvalue weighted by molar-refractivity contribution is 0.340. The lowest BCUT2D eigenvalue weighted by Gasteiger charge is -2.07. The molecule has 0 unspecified atom stereocenters. The summed E-state index contributed by atoms with van der Waals surface area (Å²) in [6.07, 6.45) is 1.84. The van der Waals surface area contributed by atoms with Gasteiger partial charge < -0.3 is 9.72 Å². The van der Waals surface area contributed by atoms with Gasteiger partial charge in [-0.05, 0) is 49.8 Å². The quantitative estimate of drug-likeness (QED) is 0.744. The minimum atomic E-state index is 0.631. The minimum absolute atomic E-state index is 0.631. The minimum Gasteiger partial charge on any atom is -0.494 e. The predicted molar refractivity (Wildman–Crippen MR) is 82.2 cm³/mol. The van der Waals surface area contributed by atoms with E-state index < -0.39 is 0 Å². The molecule has 0 aliphatic heterocycles. The number of pyridine rings is 1. The lowest BCUT2D eigenvalue weighted by Crippen LogP contribution is -1.97. The summed E-state index contributed by atoms with van der Waals surface area (Å²) in [5.74, 6) is 0.827. The van der Waals surface area contributed by atoms with E-state index in [1.54, 1.807) is 0 Å². The summed E-state index contributed by atoms with van der Waals surface area (Å²) >= 11 is 5.41. The number of hydrogen-bond acceptors (Lipinski definition) is 3. The van der Waals surface area contributed by atoms with Gasteiger partial charge in [0.05, 0.1) is 17.8 Å². The highest BCUT2D eigenvalue weighted by atomic mass is 32.1. The van der Waals surface area contributed by atoms with Crippen molar-refractivity contribution in [2.24, 2.45) is 0 Å². The van der Waals surface area contributed by atoms with Gasteiger partial charge in [-0.25, -0.2) is 4.98 Å². The van der Waals surface area contributed by atoms with Gasteiger partial charge in [-0.3, -0.25) is 4.57 Å². The molecule has 1 aromatic carbocycles. The van der Waals surface area contributed by atoms with Crippen molar-refractivity contribution in [3.05, 3.63) is 46.9 Å². The van der Waals surface area contributed by atoms with E-state index in [-0.39, 0.29) is 0 Å². The van der Waals surface area contributed by atoms with Crippen LogP contribution < -0.4 is 4.74 Å². The second kappa shape index (κ2) is 5.09. The summed E-state index contributed by atoms with van der Waals surface area (Å²) in [5.41, 5.74) is 3.82. The van der Waals surface area contributed by atoms with E-state index in [0.717, 1.165) is 28.2 Å². The Bertz CT molecular complexity index is 819. The molecule has 0 amide bonds. The summed E-state index contributed by atoms with van der Waals surface area (Å²) in [5, 5.41) is 0. The third kappa shape index (κ3) is 2.20. The number of aryl methyl sites for hydroxylation is 1. The number of imidazole rings is 1. The van der Waals surface area contributed by atoms with Crippen molar-refractivity contribution in [3.8, 4) is 11.4 Å². The van der Waals surface area contributed by atoms with Crippen molar-refractivity contribution in [2.45, 2.75) is 13.8 Å². The first kappa shape index (κ1) is 12.9. The fourth-order valence-electron chi connectivity index (χ4n) is 2.22. The first-order valence-corrected chi connectivity index (χ1v) is 6.90. The van der Waals surface area contributed by atoms with E-state index in [0.29, 0.717) is 11.4 Å². The zero-order valence-corrected chi connectivity index (χ0v) is 12.2. The Kier molecular flexibility index (Phi) is 3.28. The Morgan fingerprint density at radius 3 is 3.00 bits per heavy atom. The predicted octanol–water partition coefficient (Wildman–Crippen LogP) is 3.79. The third-order valence-corrected chi connectivity index (χ3v) is 3.33. The smallest absolute Gasteiger partial charge is 0.184 e. The third-order valence-electron chi connectivity index (χ3n) is 3.05. The fraction of sp³-hybridized carbons (Fsp3) is 0.200. The largest absolute Gasteiger partial charge is 0.494 e. The van der Waals surface area contributed by atoms with Gasteiger partial charge in [0, 0.05) is 12.3 Å². The Morgan fingerprint density at radius 1 is 1.35 bits per heavy atom. The van der Waals surface area contributed by atoms with Gasteiger partial charge in [0.1, 0.15) is 5.75 Å². The second-order valence-electron chi connectivity index (χ2n) is 4.58. The number of H-pyrrole nitrogens is 1. The van der Waals surface area contributed by atoms with Gasteiger partial charge in [-0.2, -0.15) is 0 Å². The number of nitrogens with zero attached hydrogens (tertiary/aromatic N) is 2. The average molecular weight is 285 g/mol. The monoisotopic (exact) mass is 285 g/mol. The van der Waals surface area contributed by atoms with Crippen LogP contribution in [0.15, 0.2) is 36.5 Å². The number of rotatable bonds is 3. The Morgan fingerprint density at radius 2 is 2.20 bits per heavy atom. The standard InChI is InChI=1S/C15H15N3OS/c1-3-19-12-6-4-5-11(8-12)18-14-13(17-15(18)20)7-10(2)9-16-14/h4-9H,3H2,1-2H3,(H,17,20). The van der Waals surface area contributed by atoms with Crippen LogP contribution in [0.25, 0.3) is 16.9 Å². The van der Waals surface area contributed by atoms with Crippen LogP contribution in [-0.2, 0) is 0 Å². The van der Waals surface area contributed by atoms with Crippen molar-refractivity contribution in [3.63, 3.8) is 0 Å². The summed E-state index contributed by atoms with van der Waals surface area (Å²) in [7, 11) is 0. The molecular formula is C15H15N3OS. The Balaban J connectivity index is 2.21. The maximum atomic E-state index is 5.54. The van der Waals surface area contributed by atoms with Crippen molar-refractivity contribution >= 4 is 23.4 Å². The van der Waals surface area contributed by atoms with Crippen LogP contribution in [-0.4, -0.2) is 21.1 Å². The van der Waals surface area contributed by atoms with Crippen molar-refractivity contribution in [1.29, 1.82) is 0 Å². The molecule has 1 N–H and O–H groups in total. The van der Waals surface area contributed by atoms with E-state index >= 15 is 0 Å². The van der Waals surface area contributed by atoms with Crippen molar-refractivity contribution < 1.29 is 4.74 Å². The highest BCUT2D eigenvalue weighted by molar-refractivity contribution is 7.71. The van der Waals surface area contributed by atoms with Crippen molar-refractivity contribution in [2.75, 3.05) is 6.61 Å². The Hall–Kier alpha value is -2.14. The SMILES string of the molecule is CCOc1cccc(-n2c(=S)[nH]c3cc(C)cnc32)c1. The topological polar surface area (TPSA) is 42.8 Å².